The van der Waals surface area contributed by atoms with E-state index in [1.807, 2.05) is 60.7 Å². The van der Waals surface area contributed by atoms with Crippen LogP contribution in [-0.2, 0) is 0 Å². The number of hydrogen-bond acceptors (Lipinski definition) is 4. The maximum absolute atomic E-state index is 12.3. The van der Waals surface area contributed by atoms with E-state index >= 15 is 0 Å². The Hall–Kier alpha value is -3.34. The number of aryl methyl sites for hydroxylation is 1. The molecule has 3 rings (SSSR count). The predicted molar refractivity (Wildman–Crippen MR) is 92.8 cm³/mol. The molecule has 0 saturated heterocycles. The van der Waals surface area contributed by atoms with E-state index in [1.54, 1.807) is 19.2 Å². The summed E-state index contributed by atoms with van der Waals surface area (Å²) in [7, 11) is 0. The molecule has 0 bridgehead atoms. The van der Waals surface area contributed by atoms with Gasteiger partial charge in [-0.25, -0.2) is 15.4 Å². The quantitative estimate of drug-likeness (QED) is 0.594. The smallest absolute Gasteiger partial charge is 0.266 e. The molecule has 0 fully saturated rings. The lowest BCUT2D eigenvalue weighted by Crippen LogP contribution is -2.22. The Labute approximate surface area is 140 Å². The second-order valence-electron chi connectivity index (χ2n) is 5.12. The van der Waals surface area contributed by atoms with Crippen molar-refractivity contribution in [1.29, 1.82) is 0 Å². The molecule has 0 radical (unpaired) electrons. The second-order valence-corrected chi connectivity index (χ2v) is 5.12. The summed E-state index contributed by atoms with van der Waals surface area (Å²) in [6.07, 6.45) is 1.55. The number of benzene rings is 2. The summed E-state index contributed by atoms with van der Waals surface area (Å²) in [5.41, 5.74) is 5.39. The summed E-state index contributed by atoms with van der Waals surface area (Å²) in [6, 6.07) is 21.0. The van der Waals surface area contributed by atoms with Gasteiger partial charge in [0.2, 0.25) is 0 Å². The van der Waals surface area contributed by atoms with Crippen molar-refractivity contribution < 1.29 is 4.79 Å². The molecule has 0 atom stereocenters. The molecule has 5 nitrogen and oxygen atoms in total. The predicted octanol–water partition coefficient (Wildman–Crippen LogP) is 2.97. The molecule has 0 aliphatic carbocycles. The molecule has 0 saturated carbocycles. The lowest BCUT2D eigenvalue weighted by molar-refractivity contribution is 0.0949. The minimum Gasteiger partial charge on any atom is -0.266 e. The van der Waals surface area contributed by atoms with Crippen molar-refractivity contribution in [2.75, 3.05) is 0 Å². The zero-order chi connectivity index (χ0) is 16.8. The standard InChI is InChI=1S/C19H16N4O/c1-14-20-13-12-17(21-14)19(24)23-22-18(15-8-4-2-5-9-15)16-10-6-3-7-11-16/h2-13H,1H3,(H,23,24). The molecular weight excluding hydrogens is 300 g/mol. The Bertz CT molecular complexity index is 819. The van der Waals surface area contributed by atoms with Crippen molar-refractivity contribution in [3.05, 3.63) is 95.6 Å². The van der Waals surface area contributed by atoms with Gasteiger partial charge in [0.05, 0.1) is 5.71 Å². The highest BCUT2D eigenvalue weighted by molar-refractivity contribution is 6.13. The van der Waals surface area contributed by atoms with E-state index < -0.39 is 0 Å². The molecule has 0 unspecified atom stereocenters. The Balaban J connectivity index is 1.91. The number of carbonyl (C=O) groups is 1. The van der Waals surface area contributed by atoms with Gasteiger partial charge in [-0.1, -0.05) is 60.7 Å². The van der Waals surface area contributed by atoms with Crippen LogP contribution < -0.4 is 5.43 Å². The van der Waals surface area contributed by atoms with Gasteiger partial charge in [-0.15, -0.1) is 0 Å². The van der Waals surface area contributed by atoms with Crippen molar-refractivity contribution in [2.45, 2.75) is 6.92 Å². The molecule has 1 heterocycles. The minimum absolute atomic E-state index is 0.284. The van der Waals surface area contributed by atoms with E-state index in [9.17, 15) is 4.79 Å². The van der Waals surface area contributed by atoms with Crippen molar-refractivity contribution in [3.63, 3.8) is 0 Å². The van der Waals surface area contributed by atoms with Crippen molar-refractivity contribution in [1.82, 2.24) is 15.4 Å². The topological polar surface area (TPSA) is 67.2 Å². The molecule has 1 amide bonds. The Morgan fingerprint density at radius 3 is 2.04 bits per heavy atom. The largest absolute Gasteiger partial charge is 0.290 e. The van der Waals surface area contributed by atoms with Gasteiger partial charge in [0.15, 0.2) is 0 Å². The lowest BCUT2D eigenvalue weighted by atomic mass is 10.0. The number of amides is 1. The Morgan fingerprint density at radius 2 is 1.50 bits per heavy atom. The van der Waals surface area contributed by atoms with Crippen LogP contribution in [0.15, 0.2) is 78.0 Å². The van der Waals surface area contributed by atoms with Gasteiger partial charge >= 0.3 is 0 Å². The van der Waals surface area contributed by atoms with Gasteiger partial charge in [0.1, 0.15) is 11.5 Å². The van der Waals surface area contributed by atoms with Crippen LogP contribution in [0, 0.1) is 6.92 Å². The van der Waals surface area contributed by atoms with Crippen molar-refractivity contribution >= 4 is 11.6 Å². The third-order valence-corrected chi connectivity index (χ3v) is 3.37. The summed E-state index contributed by atoms with van der Waals surface area (Å²) in [5, 5.41) is 4.33. The molecular formula is C19H16N4O. The van der Waals surface area contributed by atoms with Crippen LogP contribution in [0.5, 0.6) is 0 Å². The molecule has 24 heavy (non-hydrogen) atoms. The fourth-order valence-corrected chi connectivity index (χ4v) is 2.23. The van der Waals surface area contributed by atoms with Gasteiger partial charge in [0, 0.05) is 17.3 Å². The number of nitrogens with zero attached hydrogens (tertiary/aromatic N) is 3. The van der Waals surface area contributed by atoms with E-state index in [1.165, 1.54) is 0 Å². The van der Waals surface area contributed by atoms with Crippen LogP contribution in [0.2, 0.25) is 0 Å². The van der Waals surface area contributed by atoms with Crippen LogP contribution in [0.4, 0.5) is 0 Å². The van der Waals surface area contributed by atoms with Crippen molar-refractivity contribution in [3.8, 4) is 0 Å². The molecule has 1 aromatic heterocycles. The molecule has 0 aliphatic heterocycles. The fraction of sp³-hybridized carbons (Fsp3) is 0.0526. The van der Waals surface area contributed by atoms with Crippen LogP contribution in [0.25, 0.3) is 0 Å². The van der Waals surface area contributed by atoms with Gasteiger partial charge in [-0.3, -0.25) is 4.79 Å². The molecule has 3 aromatic rings. The van der Waals surface area contributed by atoms with Crippen LogP contribution in [0.3, 0.4) is 0 Å². The van der Waals surface area contributed by atoms with Crippen molar-refractivity contribution in [2.24, 2.45) is 5.10 Å². The molecule has 0 spiro atoms. The number of hydrazone groups is 1. The highest BCUT2D eigenvalue weighted by atomic mass is 16.2. The van der Waals surface area contributed by atoms with Crippen LogP contribution >= 0.6 is 0 Å². The summed E-state index contributed by atoms with van der Waals surface area (Å²) >= 11 is 0. The second kappa shape index (κ2) is 7.28. The monoisotopic (exact) mass is 316 g/mol. The van der Waals surface area contributed by atoms with E-state index in [2.05, 4.69) is 20.5 Å². The average molecular weight is 316 g/mol. The average Bonchev–Trinajstić information content (AvgIpc) is 2.63. The highest BCUT2D eigenvalue weighted by Crippen LogP contribution is 2.10. The first-order chi connectivity index (χ1) is 11.7. The summed E-state index contributed by atoms with van der Waals surface area (Å²) < 4.78 is 0. The van der Waals surface area contributed by atoms with Gasteiger partial charge in [-0.05, 0) is 13.0 Å². The minimum atomic E-state index is -0.370. The first kappa shape index (κ1) is 15.6. The molecule has 5 heteroatoms. The van der Waals surface area contributed by atoms with E-state index in [0.717, 1.165) is 11.1 Å². The third-order valence-electron chi connectivity index (χ3n) is 3.37. The van der Waals surface area contributed by atoms with E-state index in [-0.39, 0.29) is 11.6 Å². The van der Waals surface area contributed by atoms with E-state index in [0.29, 0.717) is 11.5 Å². The third kappa shape index (κ3) is 3.70. The summed E-state index contributed by atoms with van der Waals surface area (Å²) in [6.45, 7) is 1.74. The number of nitrogens with one attached hydrogen (secondary N) is 1. The molecule has 0 aliphatic rings. The maximum atomic E-state index is 12.3. The summed E-state index contributed by atoms with van der Waals surface area (Å²) in [4.78, 5) is 20.3. The number of rotatable bonds is 4. The first-order valence-electron chi connectivity index (χ1n) is 7.52. The van der Waals surface area contributed by atoms with Gasteiger partial charge in [0.25, 0.3) is 5.91 Å². The van der Waals surface area contributed by atoms with Crippen LogP contribution in [0.1, 0.15) is 27.4 Å². The Kier molecular flexibility index (Phi) is 4.72. The first-order valence-corrected chi connectivity index (χ1v) is 7.52. The van der Waals surface area contributed by atoms with Gasteiger partial charge < -0.3 is 0 Å². The normalized spacial score (nSPS) is 10.0. The SMILES string of the molecule is Cc1nccc(C(=O)NN=C(c2ccccc2)c2ccccc2)n1. The Morgan fingerprint density at radius 1 is 0.917 bits per heavy atom. The highest BCUT2D eigenvalue weighted by Gasteiger charge is 2.10. The van der Waals surface area contributed by atoms with Gasteiger partial charge in [-0.2, -0.15) is 5.10 Å². The fourth-order valence-electron chi connectivity index (χ4n) is 2.23. The number of carbonyl (C=O) groups excluding carboxylic acids is 1. The summed E-state index contributed by atoms with van der Waals surface area (Å²) in [5.74, 6) is 0.169. The lowest BCUT2D eigenvalue weighted by Gasteiger charge is -2.08. The number of hydrogen-bond donors (Lipinski definition) is 1. The van der Waals surface area contributed by atoms with E-state index in [4.69, 9.17) is 0 Å². The zero-order valence-corrected chi connectivity index (χ0v) is 13.2. The molecule has 1 N–H and O–H groups in total. The molecule has 2 aromatic carbocycles. The maximum Gasteiger partial charge on any atom is 0.290 e. The van der Waals surface area contributed by atoms with Crippen LogP contribution in [-0.4, -0.2) is 21.6 Å². The number of aromatic nitrogens is 2. The molecule has 118 valence electrons. The zero-order valence-electron chi connectivity index (χ0n) is 13.2.